The summed E-state index contributed by atoms with van der Waals surface area (Å²) in [6, 6.07) is 12.0. The van der Waals surface area contributed by atoms with Crippen LogP contribution in [-0.4, -0.2) is 90.0 Å². The van der Waals surface area contributed by atoms with E-state index in [2.05, 4.69) is 51.6 Å². The topological polar surface area (TPSA) is 90.9 Å². The van der Waals surface area contributed by atoms with Crippen LogP contribution < -0.4 is 10.2 Å². The molecule has 2 saturated heterocycles. The number of amides is 3. The van der Waals surface area contributed by atoms with Crippen LogP contribution in [0.1, 0.15) is 38.7 Å². The van der Waals surface area contributed by atoms with Gasteiger partial charge in [-0.3, -0.25) is 4.79 Å². The van der Waals surface area contributed by atoms with Crippen LogP contribution in [0.15, 0.2) is 36.4 Å². The van der Waals surface area contributed by atoms with Crippen molar-refractivity contribution in [3.8, 4) is 11.3 Å². The molecule has 2 aliphatic heterocycles. The van der Waals surface area contributed by atoms with Crippen molar-refractivity contribution in [2.45, 2.75) is 52.2 Å². The molecule has 1 aromatic heterocycles. The van der Waals surface area contributed by atoms with Crippen LogP contribution in [0.2, 0.25) is 0 Å². The number of aryl methyl sites for hydroxylation is 1. The molecule has 0 aliphatic carbocycles. The molecule has 0 bridgehead atoms. The highest BCUT2D eigenvalue weighted by Crippen LogP contribution is 2.20. The second-order valence-corrected chi connectivity index (χ2v) is 9.98. The van der Waals surface area contributed by atoms with Crippen molar-refractivity contribution in [3.05, 3.63) is 42.0 Å². The summed E-state index contributed by atoms with van der Waals surface area (Å²) in [5.74, 6) is 0.783. The van der Waals surface area contributed by atoms with Crippen LogP contribution in [0.3, 0.4) is 0 Å². The number of rotatable bonds is 7. The van der Waals surface area contributed by atoms with E-state index >= 15 is 0 Å². The van der Waals surface area contributed by atoms with Crippen molar-refractivity contribution in [1.29, 1.82) is 0 Å². The monoisotopic (exact) mass is 494 g/mol. The van der Waals surface area contributed by atoms with E-state index in [1.165, 1.54) is 5.56 Å². The highest BCUT2D eigenvalue weighted by atomic mass is 16.5. The predicted octanol–water partition coefficient (Wildman–Crippen LogP) is 3.09. The fourth-order valence-electron chi connectivity index (χ4n) is 4.62. The zero-order chi connectivity index (χ0) is 25.5. The molecular formula is C27H38N6O3. The Morgan fingerprint density at radius 2 is 1.86 bits per heavy atom. The molecule has 0 unspecified atom stereocenters. The van der Waals surface area contributed by atoms with Gasteiger partial charge in [0, 0.05) is 50.9 Å². The molecule has 0 spiro atoms. The summed E-state index contributed by atoms with van der Waals surface area (Å²) in [7, 11) is 0. The van der Waals surface area contributed by atoms with E-state index in [-0.39, 0.29) is 30.6 Å². The van der Waals surface area contributed by atoms with Crippen LogP contribution in [-0.2, 0) is 9.53 Å². The first-order chi connectivity index (χ1) is 17.4. The molecule has 0 radical (unpaired) electrons. The van der Waals surface area contributed by atoms with Gasteiger partial charge in [0.05, 0.1) is 11.8 Å². The minimum absolute atomic E-state index is 0.00297. The number of hydrogen-bond acceptors (Lipinski definition) is 6. The molecule has 194 valence electrons. The number of anilines is 1. The number of benzene rings is 1. The Labute approximate surface area is 213 Å². The molecule has 1 atom stereocenters. The maximum Gasteiger partial charge on any atom is 0.318 e. The Morgan fingerprint density at radius 1 is 1.06 bits per heavy atom. The van der Waals surface area contributed by atoms with Gasteiger partial charge in [-0.2, -0.15) is 0 Å². The summed E-state index contributed by atoms with van der Waals surface area (Å²) in [4.78, 5) is 31.6. The molecule has 9 nitrogen and oxygen atoms in total. The lowest BCUT2D eigenvalue weighted by atomic mass is 10.1. The third kappa shape index (κ3) is 6.94. The zero-order valence-electron chi connectivity index (χ0n) is 21.7. The van der Waals surface area contributed by atoms with Crippen molar-refractivity contribution in [2.24, 2.45) is 0 Å². The van der Waals surface area contributed by atoms with Crippen LogP contribution >= 0.6 is 0 Å². The van der Waals surface area contributed by atoms with Gasteiger partial charge in [-0.15, -0.1) is 10.2 Å². The van der Waals surface area contributed by atoms with Gasteiger partial charge in [0.15, 0.2) is 5.82 Å². The summed E-state index contributed by atoms with van der Waals surface area (Å²) in [6.45, 7) is 9.83. The molecule has 2 aliphatic rings. The van der Waals surface area contributed by atoms with Gasteiger partial charge in [0.25, 0.3) is 0 Å². The summed E-state index contributed by atoms with van der Waals surface area (Å²) in [6.07, 6.45) is 2.74. The number of urea groups is 1. The highest BCUT2D eigenvalue weighted by molar-refractivity contribution is 5.84. The Balaban J connectivity index is 1.35. The van der Waals surface area contributed by atoms with Crippen molar-refractivity contribution < 1.29 is 14.3 Å². The fraction of sp³-hybridized carbons (Fsp3) is 0.556. The van der Waals surface area contributed by atoms with Gasteiger partial charge in [-0.25, -0.2) is 4.79 Å². The number of carbonyl (C=O) groups excluding carboxylic acids is 2. The molecule has 2 fully saturated rings. The van der Waals surface area contributed by atoms with Crippen LogP contribution in [0.5, 0.6) is 0 Å². The summed E-state index contributed by atoms with van der Waals surface area (Å²) in [5.41, 5.74) is 3.10. The Morgan fingerprint density at radius 3 is 2.53 bits per heavy atom. The largest absolute Gasteiger partial charge is 0.376 e. The van der Waals surface area contributed by atoms with Crippen molar-refractivity contribution >= 4 is 17.8 Å². The normalized spacial score (nSPS) is 18.3. The van der Waals surface area contributed by atoms with Crippen LogP contribution in [0, 0.1) is 6.92 Å². The second-order valence-electron chi connectivity index (χ2n) is 9.98. The van der Waals surface area contributed by atoms with Crippen molar-refractivity contribution in [3.63, 3.8) is 0 Å². The SMILES string of the molecule is Cc1ccc(-c2ccc(N3CCCN(C(=O)CN(C[C@@H]4CCCO4)C(=O)NC(C)C)CC3)nn2)cc1. The van der Waals surface area contributed by atoms with Gasteiger partial charge >= 0.3 is 6.03 Å². The first kappa shape index (κ1) is 25.9. The highest BCUT2D eigenvalue weighted by Gasteiger charge is 2.27. The molecule has 36 heavy (non-hydrogen) atoms. The number of nitrogens with zero attached hydrogens (tertiary/aromatic N) is 5. The Kier molecular flexibility index (Phi) is 8.74. The molecular weight excluding hydrogens is 456 g/mol. The van der Waals surface area contributed by atoms with E-state index < -0.39 is 0 Å². The van der Waals surface area contributed by atoms with Crippen molar-refractivity contribution in [1.82, 2.24) is 25.3 Å². The molecule has 9 heteroatoms. The standard InChI is InChI=1S/C27H38N6O3/c1-20(2)28-27(35)33(18-23-6-4-17-36-23)19-26(34)32-14-5-13-31(15-16-32)25-12-11-24(29-30-25)22-9-7-21(3)8-10-22/h7-12,20,23H,4-6,13-19H2,1-3H3,(H,28,35)/t23-/m0/s1. The Bertz CT molecular complexity index is 1010. The van der Waals surface area contributed by atoms with Gasteiger partial charge in [-0.05, 0) is 52.2 Å². The molecule has 3 heterocycles. The zero-order valence-corrected chi connectivity index (χ0v) is 21.7. The average molecular weight is 495 g/mol. The lowest BCUT2D eigenvalue weighted by molar-refractivity contribution is -0.131. The summed E-state index contributed by atoms with van der Waals surface area (Å²) in [5, 5.41) is 11.8. The van der Waals surface area contributed by atoms with Gasteiger partial charge in [-0.1, -0.05) is 29.8 Å². The second kappa shape index (κ2) is 12.2. The maximum absolute atomic E-state index is 13.2. The maximum atomic E-state index is 13.2. The fourth-order valence-corrected chi connectivity index (χ4v) is 4.62. The number of nitrogens with one attached hydrogen (secondary N) is 1. The van der Waals surface area contributed by atoms with Crippen LogP contribution in [0.25, 0.3) is 11.3 Å². The molecule has 1 N–H and O–H groups in total. The lowest BCUT2D eigenvalue weighted by Crippen LogP contribution is -2.51. The Hall–Kier alpha value is -3.20. The first-order valence-corrected chi connectivity index (χ1v) is 13.0. The first-order valence-electron chi connectivity index (χ1n) is 13.0. The molecule has 1 aromatic carbocycles. The third-order valence-corrected chi connectivity index (χ3v) is 6.64. The number of hydrogen-bond donors (Lipinski definition) is 1. The van der Waals surface area contributed by atoms with Crippen LogP contribution in [0.4, 0.5) is 10.6 Å². The van der Waals surface area contributed by atoms with E-state index in [1.807, 2.05) is 30.9 Å². The minimum Gasteiger partial charge on any atom is -0.376 e. The molecule has 4 rings (SSSR count). The van der Waals surface area contributed by atoms with Crippen molar-refractivity contribution in [2.75, 3.05) is 50.8 Å². The molecule has 2 aromatic rings. The number of aromatic nitrogens is 2. The van der Waals surface area contributed by atoms with E-state index in [4.69, 9.17) is 4.74 Å². The quantitative estimate of drug-likeness (QED) is 0.636. The summed E-state index contributed by atoms with van der Waals surface area (Å²) < 4.78 is 5.72. The summed E-state index contributed by atoms with van der Waals surface area (Å²) >= 11 is 0. The van der Waals surface area contributed by atoms with Gasteiger partial charge in [0.1, 0.15) is 6.54 Å². The lowest BCUT2D eigenvalue weighted by Gasteiger charge is -2.29. The molecule has 0 saturated carbocycles. The van der Waals surface area contributed by atoms with Gasteiger partial charge in [0.2, 0.25) is 5.91 Å². The molecule has 3 amide bonds. The number of ether oxygens (including phenoxy) is 1. The third-order valence-electron chi connectivity index (χ3n) is 6.64. The number of carbonyl (C=O) groups is 2. The van der Waals surface area contributed by atoms with E-state index in [1.54, 1.807) is 4.90 Å². The van der Waals surface area contributed by atoms with E-state index in [0.29, 0.717) is 26.2 Å². The van der Waals surface area contributed by atoms with E-state index in [9.17, 15) is 9.59 Å². The van der Waals surface area contributed by atoms with Gasteiger partial charge < -0.3 is 24.8 Å². The minimum atomic E-state index is -0.214. The predicted molar refractivity (Wildman–Crippen MR) is 140 cm³/mol. The average Bonchev–Trinajstić information content (AvgIpc) is 3.25. The van der Waals surface area contributed by atoms with E-state index in [0.717, 1.165) is 49.5 Å². The smallest absolute Gasteiger partial charge is 0.318 e.